The number of aromatic nitrogens is 2. The molecule has 2 aromatic heterocycles. The lowest BCUT2D eigenvalue weighted by molar-refractivity contribution is 0.273. The van der Waals surface area contributed by atoms with Crippen molar-refractivity contribution in [3.8, 4) is 0 Å². The number of hydrogen-bond acceptors (Lipinski definition) is 5. The van der Waals surface area contributed by atoms with Crippen molar-refractivity contribution in [2.24, 2.45) is 0 Å². The fraction of sp³-hybridized carbons (Fsp3) is 0.200. The molecule has 0 saturated carbocycles. The molecule has 3 rings (SSSR count). The molecule has 0 saturated heterocycles. The van der Waals surface area contributed by atoms with Crippen molar-refractivity contribution in [3.63, 3.8) is 0 Å². The summed E-state index contributed by atoms with van der Waals surface area (Å²) in [6.45, 7) is 0.0606. The molecule has 0 bridgehead atoms. The summed E-state index contributed by atoms with van der Waals surface area (Å²) >= 11 is 3.46. The van der Waals surface area contributed by atoms with E-state index in [-0.39, 0.29) is 12.6 Å². The molecule has 0 radical (unpaired) electrons. The van der Waals surface area contributed by atoms with Crippen molar-refractivity contribution < 1.29 is 9.52 Å². The van der Waals surface area contributed by atoms with Crippen LogP contribution in [0.15, 0.2) is 51.8 Å². The van der Waals surface area contributed by atoms with Crippen LogP contribution in [-0.4, -0.2) is 21.7 Å². The van der Waals surface area contributed by atoms with Crippen LogP contribution in [0.1, 0.15) is 18.2 Å². The number of rotatable bonds is 5. The maximum absolute atomic E-state index is 9.25. The van der Waals surface area contributed by atoms with Crippen LogP contribution in [0.25, 0.3) is 10.9 Å². The highest BCUT2D eigenvalue weighted by Gasteiger charge is 2.16. The topological polar surface area (TPSA) is 71.2 Å². The van der Waals surface area contributed by atoms with Crippen molar-refractivity contribution in [2.45, 2.75) is 12.5 Å². The third-order valence-electron chi connectivity index (χ3n) is 3.21. The zero-order chi connectivity index (χ0) is 14.7. The van der Waals surface area contributed by atoms with E-state index in [0.29, 0.717) is 6.42 Å². The minimum absolute atomic E-state index is 0.0606. The first-order valence-corrected chi connectivity index (χ1v) is 7.38. The van der Waals surface area contributed by atoms with Crippen LogP contribution in [0.2, 0.25) is 0 Å². The summed E-state index contributed by atoms with van der Waals surface area (Å²) in [4.78, 5) is 8.57. The largest absolute Gasteiger partial charge is 0.467 e. The van der Waals surface area contributed by atoms with Crippen LogP contribution in [-0.2, 0) is 0 Å². The third kappa shape index (κ3) is 3.06. The molecule has 6 heteroatoms. The van der Waals surface area contributed by atoms with Gasteiger partial charge in [0.25, 0.3) is 0 Å². The molecular formula is C15H14BrN3O2. The van der Waals surface area contributed by atoms with Gasteiger partial charge in [-0.05, 0) is 36.8 Å². The Morgan fingerprint density at radius 3 is 2.95 bits per heavy atom. The van der Waals surface area contributed by atoms with E-state index in [1.54, 1.807) is 6.26 Å². The molecule has 3 aromatic rings. The quantitative estimate of drug-likeness (QED) is 0.738. The van der Waals surface area contributed by atoms with Gasteiger partial charge in [-0.15, -0.1) is 0 Å². The summed E-state index contributed by atoms with van der Waals surface area (Å²) in [6.07, 6.45) is 3.68. The summed E-state index contributed by atoms with van der Waals surface area (Å²) < 4.78 is 6.39. The summed E-state index contributed by atoms with van der Waals surface area (Å²) in [5, 5.41) is 13.5. The monoisotopic (exact) mass is 347 g/mol. The van der Waals surface area contributed by atoms with Gasteiger partial charge in [-0.1, -0.05) is 15.9 Å². The van der Waals surface area contributed by atoms with E-state index in [0.717, 1.165) is 27.0 Å². The van der Waals surface area contributed by atoms with E-state index in [1.807, 2.05) is 30.3 Å². The van der Waals surface area contributed by atoms with Crippen LogP contribution in [0.4, 0.5) is 5.82 Å². The average Bonchev–Trinajstić information content (AvgIpc) is 3.01. The third-order valence-corrected chi connectivity index (χ3v) is 3.71. The second-order valence-corrected chi connectivity index (χ2v) is 5.52. The fourth-order valence-electron chi connectivity index (χ4n) is 2.21. The number of nitrogens with one attached hydrogen (secondary N) is 1. The zero-order valence-electron chi connectivity index (χ0n) is 11.2. The first kappa shape index (κ1) is 14.0. The molecule has 1 atom stereocenters. The van der Waals surface area contributed by atoms with Crippen molar-refractivity contribution in [1.29, 1.82) is 0 Å². The van der Waals surface area contributed by atoms with E-state index in [9.17, 15) is 5.11 Å². The van der Waals surface area contributed by atoms with E-state index in [1.165, 1.54) is 6.33 Å². The molecule has 1 unspecified atom stereocenters. The number of benzene rings is 1. The summed E-state index contributed by atoms with van der Waals surface area (Å²) in [6, 6.07) is 9.41. The molecule has 108 valence electrons. The van der Waals surface area contributed by atoms with Gasteiger partial charge in [0, 0.05) is 16.5 Å². The Kier molecular flexibility index (Phi) is 4.17. The molecule has 0 fully saturated rings. The smallest absolute Gasteiger partial charge is 0.137 e. The average molecular weight is 348 g/mol. The van der Waals surface area contributed by atoms with Gasteiger partial charge in [0.2, 0.25) is 0 Å². The maximum atomic E-state index is 9.25. The van der Waals surface area contributed by atoms with Gasteiger partial charge in [0.1, 0.15) is 17.9 Å². The summed E-state index contributed by atoms with van der Waals surface area (Å²) in [5.74, 6) is 1.49. The molecular weight excluding hydrogens is 334 g/mol. The zero-order valence-corrected chi connectivity index (χ0v) is 12.7. The first-order valence-electron chi connectivity index (χ1n) is 6.59. The molecule has 2 N–H and O–H groups in total. The van der Waals surface area contributed by atoms with Crippen molar-refractivity contribution >= 4 is 32.7 Å². The number of aliphatic hydroxyl groups is 1. The Bertz CT molecular complexity index is 731. The van der Waals surface area contributed by atoms with Crippen LogP contribution < -0.4 is 5.32 Å². The SMILES string of the molecule is OCCC(Nc1ncnc2ccc(Br)cc12)c1ccco1. The standard InChI is InChI=1S/C15H14BrN3O2/c16-10-3-4-12-11(8-10)15(18-9-17-12)19-13(5-6-20)14-2-1-7-21-14/h1-4,7-9,13,20H,5-6H2,(H,17,18,19). The lowest BCUT2D eigenvalue weighted by Gasteiger charge is -2.17. The molecule has 5 nitrogen and oxygen atoms in total. The number of halogens is 1. The molecule has 0 spiro atoms. The lowest BCUT2D eigenvalue weighted by Crippen LogP contribution is -2.13. The molecule has 1 aromatic carbocycles. The van der Waals surface area contributed by atoms with Crippen LogP contribution in [0.3, 0.4) is 0 Å². The molecule has 0 aliphatic rings. The summed E-state index contributed by atoms with van der Waals surface area (Å²) in [5.41, 5.74) is 0.859. The first-order chi connectivity index (χ1) is 10.3. The predicted octanol–water partition coefficient (Wildman–Crippen LogP) is 3.52. The Morgan fingerprint density at radius 1 is 1.29 bits per heavy atom. The maximum Gasteiger partial charge on any atom is 0.137 e. The highest BCUT2D eigenvalue weighted by atomic mass is 79.9. The Labute approximate surface area is 130 Å². The summed E-state index contributed by atoms with van der Waals surface area (Å²) in [7, 11) is 0. The number of furan rings is 1. The predicted molar refractivity (Wildman–Crippen MR) is 84.0 cm³/mol. The van der Waals surface area contributed by atoms with Crippen LogP contribution in [0.5, 0.6) is 0 Å². The lowest BCUT2D eigenvalue weighted by atomic mass is 10.1. The minimum Gasteiger partial charge on any atom is -0.467 e. The van der Waals surface area contributed by atoms with E-state index >= 15 is 0 Å². The minimum atomic E-state index is -0.137. The number of hydrogen-bond donors (Lipinski definition) is 2. The van der Waals surface area contributed by atoms with Gasteiger partial charge >= 0.3 is 0 Å². The van der Waals surface area contributed by atoms with Crippen molar-refractivity contribution in [1.82, 2.24) is 9.97 Å². The van der Waals surface area contributed by atoms with Gasteiger partial charge in [0.05, 0.1) is 17.8 Å². The highest BCUT2D eigenvalue weighted by molar-refractivity contribution is 9.10. The molecule has 2 heterocycles. The van der Waals surface area contributed by atoms with E-state index in [4.69, 9.17) is 4.42 Å². The number of aliphatic hydroxyl groups excluding tert-OH is 1. The Balaban J connectivity index is 1.97. The molecule has 0 amide bonds. The van der Waals surface area contributed by atoms with Gasteiger partial charge in [0.15, 0.2) is 0 Å². The normalized spacial score (nSPS) is 12.5. The second kappa shape index (κ2) is 6.24. The number of fused-ring (bicyclic) bond motifs is 1. The Hall–Kier alpha value is -1.92. The molecule has 0 aliphatic heterocycles. The number of nitrogens with zero attached hydrogens (tertiary/aromatic N) is 2. The number of anilines is 1. The van der Waals surface area contributed by atoms with Crippen molar-refractivity contribution in [2.75, 3.05) is 11.9 Å². The Morgan fingerprint density at radius 2 is 2.19 bits per heavy atom. The van der Waals surface area contributed by atoms with Gasteiger partial charge in [-0.3, -0.25) is 0 Å². The van der Waals surface area contributed by atoms with Gasteiger partial charge < -0.3 is 14.8 Å². The van der Waals surface area contributed by atoms with E-state index in [2.05, 4.69) is 31.2 Å². The van der Waals surface area contributed by atoms with E-state index < -0.39 is 0 Å². The van der Waals surface area contributed by atoms with Gasteiger partial charge in [-0.2, -0.15) is 0 Å². The van der Waals surface area contributed by atoms with Crippen LogP contribution >= 0.6 is 15.9 Å². The van der Waals surface area contributed by atoms with Crippen LogP contribution in [0, 0.1) is 0 Å². The highest BCUT2D eigenvalue weighted by Crippen LogP contribution is 2.28. The second-order valence-electron chi connectivity index (χ2n) is 4.61. The molecule has 0 aliphatic carbocycles. The van der Waals surface area contributed by atoms with Gasteiger partial charge in [-0.25, -0.2) is 9.97 Å². The van der Waals surface area contributed by atoms with Crippen molar-refractivity contribution in [3.05, 3.63) is 53.2 Å². The fourth-order valence-corrected chi connectivity index (χ4v) is 2.57. The molecule has 21 heavy (non-hydrogen) atoms.